The van der Waals surface area contributed by atoms with Crippen LogP contribution in [0.4, 0.5) is 0 Å². The molecule has 3 heteroatoms. The highest BCUT2D eigenvalue weighted by atomic mass is 32.1. The van der Waals surface area contributed by atoms with Crippen molar-refractivity contribution in [2.24, 2.45) is 0 Å². The lowest BCUT2D eigenvalue weighted by atomic mass is 9.93. The standard InChI is InChI=1S/C14H25NOS/c1-5-15-13(14(3,4)16-6-2)8-7-12-9-10-17-11-12/h9-11,13,15H,5-8H2,1-4H3. The summed E-state index contributed by atoms with van der Waals surface area (Å²) in [6.07, 6.45) is 2.25. The van der Waals surface area contributed by atoms with E-state index >= 15 is 0 Å². The fourth-order valence-electron chi connectivity index (χ4n) is 2.16. The molecule has 1 rings (SSSR count). The van der Waals surface area contributed by atoms with Crippen molar-refractivity contribution >= 4 is 11.3 Å². The second-order valence-electron chi connectivity index (χ2n) is 4.82. The summed E-state index contributed by atoms with van der Waals surface area (Å²) in [4.78, 5) is 0. The van der Waals surface area contributed by atoms with E-state index in [1.807, 2.05) is 0 Å². The maximum Gasteiger partial charge on any atom is 0.0778 e. The molecule has 0 aliphatic carbocycles. The van der Waals surface area contributed by atoms with Crippen molar-refractivity contribution in [2.75, 3.05) is 13.2 Å². The fraction of sp³-hybridized carbons (Fsp3) is 0.714. The van der Waals surface area contributed by atoms with Crippen LogP contribution in [-0.4, -0.2) is 24.8 Å². The molecule has 1 aromatic heterocycles. The molecule has 1 aromatic rings. The van der Waals surface area contributed by atoms with Crippen molar-refractivity contribution in [3.8, 4) is 0 Å². The van der Waals surface area contributed by atoms with Gasteiger partial charge in [-0.15, -0.1) is 0 Å². The van der Waals surface area contributed by atoms with Gasteiger partial charge in [0.15, 0.2) is 0 Å². The molecule has 98 valence electrons. The van der Waals surface area contributed by atoms with Crippen molar-refractivity contribution in [2.45, 2.75) is 52.2 Å². The molecule has 17 heavy (non-hydrogen) atoms. The van der Waals surface area contributed by atoms with Crippen LogP contribution >= 0.6 is 11.3 Å². The van der Waals surface area contributed by atoms with Gasteiger partial charge < -0.3 is 10.1 Å². The van der Waals surface area contributed by atoms with E-state index in [4.69, 9.17) is 4.74 Å². The van der Waals surface area contributed by atoms with Crippen LogP contribution < -0.4 is 5.32 Å². The predicted molar refractivity (Wildman–Crippen MR) is 75.8 cm³/mol. The minimum atomic E-state index is -0.0964. The van der Waals surface area contributed by atoms with Gasteiger partial charge in [0.25, 0.3) is 0 Å². The van der Waals surface area contributed by atoms with Gasteiger partial charge in [0, 0.05) is 12.6 Å². The Kier molecular flexibility index (Phi) is 6.17. The first-order chi connectivity index (χ1) is 8.10. The average molecular weight is 255 g/mol. The predicted octanol–water partition coefficient (Wildman–Crippen LogP) is 3.47. The van der Waals surface area contributed by atoms with Crippen molar-refractivity contribution in [1.82, 2.24) is 5.32 Å². The molecule has 0 bridgehead atoms. The van der Waals surface area contributed by atoms with Crippen LogP contribution in [0.2, 0.25) is 0 Å². The zero-order valence-corrected chi connectivity index (χ0v) is 12.3. The monoisotopic (exact) mass is 255 g/mol. The highest BCUT2D eigenvalue weighted by Crippen LogP contribution is 2.20. The summed E-state index contributed by atoms with van der Waals surface area (Å²) in [5.74, 6) is 0. The number of thiophene rings is 1. The number of likely N-dealkylation sites (N-methyl/N-ethyl adjacent to an activating group) is 1. The van der Waals surface area contributed by atoms with Crippen LogP contribution in [0.25, 0.3) is 0 Å². The molecule has 0 spiro atoms. The van der Waals surface area contributed by atoms with Gasteiger partial charge >= 0.3 is 0 Å². The molecule has 0 saturated carbocycles. The lowest BCUT2D eigenvalue weighted by Crippen LogP contribution is -2.48. The first kappa shape index (κ1) is 14.7. The van der Waals surface area contributed by atoms with E-state index in [0.29, 0.717) is 6.04 Å². The maximum absolute atomic E-state index is 5.85. The van der Waals surface area contributed by atoms with Crippen LogP contribution in [-0.2, 0) is 11.2 Å². The average Bonchev–Trinajstić information content (AvgIpc) is 2.76. The summed E-state index contributed by atoms with van der Waals surface area (Å²) in [5.41, 5.74) is 1.34. The van der Waals surface area contributed by atoms with Gasteiger partial charge in [-0.05, 0) is 62.5 Å². The van der Waals surface area contributed by atoms with Gasteiger partial charge in [-0.1, -0.05) is 6.92 Å². The highest BCUT2D eigenvalue weighted by molar-refractivity contribution is 7.07. The number of aryl methyl sites for hydroxylation is 1. The Morgan fingerprint density at radius 3 is 2.71 bits per heavy atom. The first-order valence-corrected chi connectivity index (χ1v) is 7.42. The maximum atomic E-state index is 5.85. The Balaban J connectivity index is 2.53. The smallest absolute Gasteiger partial charge is 0.0778 e. The van der Waals surface area contributed by atoms with Crippen molar-refractivity contribution in [1.29, 1.82) is 0 Å². The summed E-state index contributed by atoms with van der Waals surface area (Å²) in [6.45, 7) is 10.3. The fourth-order valence-corrected chi connectivity index (χ4v) is 2.86. The molecule has 0 aromatic carbocycles. The van der Waals surface area contributed by atoms with Crippen molar-refractivity contribution < 1.29 is 4.74 Å². The minimum Gasteiger partial charge on any atom is -0.374 e. The van der Waals surface area contributed by atoms with Gasteiger partial charge in [-0.25, -0.2) is 0 Å². The Morgan fingerprint density at radius 2 is 2.18 bits per heavy atom. The molecule has 0 aliphatic heterocycles. The third-order valence-corrected chi connectivity index (χ3v) is 3.84. The summed E-state index contributed by atoms with van der Waals surface area (Å²) >= 11 is 1.77. The Labute approximate surface area is 109 Å². The molecule has 0 aliphatic rings. The molecule has 0 amide bonds. The normalized spacial score (nSPS) is 13.9. The van der Waals surface area contributed by atoms with E-state index in [1.54, 1.807) is 11.3 Å². The van der Waals surface area contributed by atoms with E-state index in [2.05, 4.69) is 49.8 Å². The lowest BCUT2D eigenvalue weighted by molar-refractivity contribution is -0.0396. The molecule has 1 unspecified atom stereocenters. The number of ether oxygens (including phenoxy) is 1. The number of hydrogen-bond acceptors (Lipinski definition) is 3. The second kappa shape index (κ2) is 7.14. The van der Waals surface area contributed by atoms with Crippen molar-refractivity contribution in [3.05, 3.63) is 22.4 Å². The summed E-state index contributed by atoms with van der Waals surface area (Å²) in [5, 5.41) is 7.93. The molecule has 2 nitrogen and oxygen atoms in total. The molecule has 1 N–H and O–H groups in total. The summed E-state index contributed by atoms with van der Waals surface area (Å²) in [7, 11) is 0. The molecule has 0 saturated heterocycles. The molecule has 0 fully saturated rings. The highest BCUT2D eigenvalue weighted by Gasteiger charge is 2.28. The van der Waals surface area contributed by atoms with Gasteiger partial charge in [-0.2, -0.15) is 11.3 Å². The van der Waals surface area contributed by atoms with Crippen LogP contribution in [0.15, 0.2) is 16.8 Å². The molecule has 1 atom stereocenters. The Bertz CT molecular complexity index is 295. The van der Waals surface area contributed by atoms with Gasteiger partial charge in [-0.3, -0.25) is 0 Å². The van der Waals surface area contributed by atoms with E-state index < -0.39 is 0 Å². The Morgan fingerprint density at radius 1 is 1.41 bits per heavy atom. The zero-order valence-electron chi connectivity index (χ0n) is 11.5. The third kappa shape index (κ3) is 4.78. The van der Waals surface area contributed by atoms with Crippen molar-refractivity contribution in [3.63, 3.8) is 0 Å². The van der Waals surface area contributed by atoms with Crippen LogP contribution in [0.1, 0.15) is 39.7 Å². The van der Waals surface area contributed by atoms with E-state index in [1.165, 1.54) is 5.56 Å². The van der Waals surface area contributed by atoms with E-state index in [0.717, 1.165) is 26.0 Å². The third-order valence-electron chi connectivity index (χ3n) is 3.11. The van der Waals surface area contributed by atoms with Gasteiger partial charge in [0.1, 0.15) is 0 Å². The minimum absolute atomic E-state index is 0.0964. The largest absolute Gasteiger partial charge is 0.374 e. The lowest BCUT2D eigenvalue weighted by Gasteiger charge is -2.34. The van der Waals surface area contributed by atoms with Crippen LogP contribution in [0.5, 0.6) is 0 Å². The Hall–Kier alpha value is -0.380. The van der Waals surface area contributed by atoms with E-state index in [9.17, 15) is 0 Å². The zero-order chi connectivity index (χ0) is 12.7. The SMILES string of the molecule is CCNC(CCc1ccsc1)C(C)(C)OCC. The first-order valence-electron chi connectivity index (χ1n) is 6.48. The van der Waals surface area contributed by atoms with Crippen LogP contribution in [0.3, 0.4) is 0 Å². The van der Waals surface area contributed by atoms with Gasteiger partial charge in [0.2, 0.25) is 0 Å². The molecule has 0 radical (unpaired) electrons. The number of hydrogen-bond donors (Lipinski definition) is 1. The molecular weight excluding hydrogens is 230 g/mol. The van der Waals surface area contributed by atoms with Gasteiger partial charge in [0.05, 0.1) is 5.60 Å². The summed E-state index contributed by atoms with van der Waals surface area (Å²) in [6, 6.07) is 2.62. The molecular formula is C14H25NOS. The number of rotatable bonds is 8. The van der Waals surface area contributed by atoms with E-state index in [-0.39, 0.29) is 5.60 Å². The summed E-state index contributed by atoms with van der Waals surface area (Å²) < 4.78 is 5.85. The van der Waals surface area contributed by atoms with Crippen LogP contribution in [0, 0.1) is 0 Å². The topological polar surface area (TPSA) is 21.3 Å². The second-order valence-corrected chi connectivity index (χ2v) is 5.60. The quantitative estimate of drug-likeness (QED) is 0.768. The molecule has 1 heterocycles. The number of nitrogens with one attached hydrogen (secondary N) is 1.